The van der Waals surface area contributed by atoms with Crippen LogP contribution in [0.4, 0.5) is 5.69 Å². The van der Waals surface area contributed by atoms with Crippen LogP contribution in [-0.4, -0.2) is 41.9 Å². The molecule has 6 nitrogen and oxygen atoms in total. The standard InChI is InChI=1S/C19H26N4O2/c1-22-13-15(12-20-22)8-9-19(24)21-16-5-4-10-23(14-16)17-6-3-7-18(11-17)25-2/h3,6-7,11-13,16H,4-5,8-10,14H2,1-2H3,(H,21,24). The molecule has 1 unspecified atom stereocenters. The second-order valence-electron chi connectivity index (χ2n) is 6.58. The predicted octanol–water partition coefficient (Wildman–Crippen LogP) is 2.15. The molecular formula is C19H26N4O2. The topological polar surface area (TPSA) is 59.4 Å². The Bertz CT molecular complexity index is 713. The Hall–Kier alpha value is -2.50. The number of anilines is 1. The van der Waals surface area contributed by atoms with Gasteiger partial charge in [-0.15, -0.1) is 0 Å². The van der Waals surface area contributed by atoms with E-state index in [1.807, 2.05) is 37.6 Å². The number of nitrogens with one attached hydrogen (secondary N) is 1. The van der Waals surface area contributed by atoms with Crippen molar-refractivity contribution >= 4 is 11.6 Å². The predicted molar refractivity (Wildman–Crippen MR) is 97.9 cm³/mol. The van der Waals surface area contributed by atoms with Gasteiger partial charge in [-0.3, -0.25) is 9.48 Å². The summed E-state index contributed by atoms with van der Waals surface area (Å²) in [6.45, 7) is 1.85. The Morgan fingerprint density at radius 1 is 1.44 bits per heavy atom. The summed E-state index contributed by atoms with van der Waals surface area (Å²) in [7, 11) is 3.57. The molecule has 134 valence electrons. The first kappa shape index (κ1) is 17.3. The summed E-state index contributed by atoms with van der Waals surface area (Å²) in [5.41, 5.74) is 2.24. The number of ether oxygens (including phenoxy) is 1. The van der Waals surface area contributed by atoms with Crippen LogP contribution in [0.15, 0.2) is 36.7 Å². The summed E-state index contributed by atoms with van der Waals surface area (Å²) < 4.78 is 7.07. The molecule has 3 rings (SSSR count). The molecule has 1 fully saturated rings. The van der Waals surface area contributed by atoms with E-state index in [4.69, 9.17) is 4.74 Å². The molecule has 1 aromatic carbocycles. The quantitative estimate of drug-likeness (QED) is 0.874. The molecule has 1 aliphatic heterocycles. The lowest BCUT2D eigenvalue weighted by Gasteiger charge is -2.35. The minimum atomic E-state index is 0.112. The smallest absolute Gasteiger partial charge is 0.220 e. The van der Waals surface area contributed by atoms with Gasteiger partial charge >= 0.3 is 0 Å². The molecule has 2 heterocycles. The van der Waals surface area contributed by atoms with E-state index < -0.39 is 0 Å². The average Bonchev–Trinajstić information content (AvgIpc) is 3.06. The molecule has 0 radical (unpaired) electrons. The van der Waals surface area contributed by atoms with E-state index in [1.54, 1.807) is 11.8 Å². The minimum absolute atomic E-state index is 0.112. The fraction of sp³-hybridized carbons (Fsp3) is 0.474. The van der Waals surface area contributed by atoms with E-state index in [0.717, 1.165) is 49.4 Å². The first-order valence-corrected chi connectivity index (χ1v) is 8.80. The largest absolute Gasteiger partial charge is 0.497 e. The van der Waals surface area contributed by atoms with Gasteiger partial charge in [-0.1, -0.05) is 6.07 Å². The molecule has 2 aromatic rings. The Morgan fingerprint density at radius 3 is 3.08 bits per heavy atom. The lowest BCUT2D eigenvalue weighted by Crippen LogP contribution is -2.47. The number of carbonyl (C=O) groups excluding carboxylic acids is 1. The van der Waals surface area contributed by atoms with Crippen LogP contribution in [0.5, 0.6) is 5.75 Å². The Morgan fingerprint density at radius 2 is 2.32 bits per heavy atom. The van der Waals surface area contributed by atoms with E-state index in [0.29, 0.717) is 6.42 Å². The lowest BCUT2D eigenvalue weighted by molar-refractivity contribution is -0.121. The number of benzene rings is 1. The molecule has 1 N–H and O–H groups in total. The third kappa shape index (κ3) is 4.75. The van der Waals surface area contributed by atoms with E-state index >= 15 is 0 Å². The van der Waals surface area contributed by atoms with Crippen LogP contribution in [0.25, 0.3) is 0 Å². The highest BCUT2D eigenvalue weighted by atomic mass is 16.5. The number of rotatable bonds is 6. The van der Waals surface area contributed by atoms with E-state index in [2.05, 4.69) is 21.4 Å². The average molecular weight is 342 g/mol. The molecule has 1 atom stereocenters. The molecule has 25 heavy (non-hydrogen) atoms. The highest BCUT2D eigenvalue weighted by Gasteiger charge is 2.21. The van der Waals surface area contributed by atoms with Gasteiger partial charge in [0.05, 0.1) is 13.3 Å². The first-order valence-electron chi connectivity index (χ1n) is 8.80. The molecule has 1 aromatic heterocycles. The van der Waals surface area contributed by atoms with Crippen molar-refractivity contribution in [1.82, 2.24) is 15.1 Å². The molecule has 1 aliphatic rings. The van der Waals surface area contributed by atoms with Gasteiger partial charge in [0.25, 0.3) is 0 Å². The van der Waals surface area contributed by atoms with Gasteiger partial charge in [-0.2, -0.15) is 5.10 Å². The second kappa shape index (κ2) is 8.05. The third-order valence-electron chi connectivity index (χ3n) is 4.60. The van der Waals surface area contributed by atoms with Crippen LogP contribution in [0, 0.1) is 0 Å². The normalized spacial score (nSPS) is 17.4. The van der Waals surface area contributed by atoms with Crippen molar-refractivity contribution < 1.29 is 9.53 Å². The minimum Gasteiger partial charge on any atom is -0.497 e. The van der Waals surface area contributed by atoms with Crippen LogP contribution in [0.3, 0.4) is 0 Å². The fourth-order valence-corrected chi connectivity index (χ4v) is 3.30. The Kier molecular flexibility index (Phi) is 5.58. The lowest BCUT2D eigenvalue weighted by atomic mass is 10.0. The molecule has 1 saturated heterocycles. The molecule has 1 amide bonds. The van der Waals surface area contributed by atoms with Crippen molar-refractivity contribution in [3.63, 3.8) is 0 Å². The summed E-state index contributed by atoms with van der Waals surface area (Å²) in [6.07, 6.45) is 7.11. The Balaban J connectivity index is 1.51. The maximum absolute atomic E-state index is 12.3. The monoisotopic (exact) mass is 342 g/mol. The van der Waals surface area contributed by atoms with E-state index in [1.165, 1.54) is 0 Å². The highest BCUT2D eigenvalue weighted by Crippen LogP contribution is 2.24. The molecule has 0 bridgehead atoms. The van der Waals surface area contributed by atoms with Crippen molar-refractivity contribution in [2.24, 2.45) is 7.05 Å². The number of amides is 1. The van der Waals surface area contributed by atoms with Crippen LogP contribution in [-0.2, 0) is 18.3 Å². The van der Waals surface area contributed by atoms with Crippen LogP contribution >= 0.6 is 0 Å². The highest BCUT2D eigenvalue weighted by molar-refractivity contribution is 5.76. The summed E-state index contributed by atoms with van der Waals surface area (Å²) in [5, 5.41) is 7.32. The summed E-state index contributed by atoms with van der Waals surface area (Å²) in [6, 6.07) is 8.29. The van der Waals surface area contributed by atoms with Crippen molar-refractivity contribution in [3.05, 3.63) is 42.2 Å². The number of aromatic nitrogens is 2. The van der Waals surface area contributed by atoms with E-state index in [-0.39, 0.29) is 11.9 Å². The maximum atomic E-state index is 12.3. The van der Waals surface area contributed by atoms with Gasteiger partial charge < -0.3 is 15.0 Å². The third-order valence-corrected chi connectivity index (χ3v) is 4.60. The van der Waals surface area contributed by atoms with Crippen molar-refractivity contribution in [1.29, 1.82) is 0 Å². The number of nitrogens with zero attached hydrogens (tertiary/aromatic N) is 3. The summed E-state index contributed by atoms with van der Waals surface area (Å²) in [4.78, 5) is 14.6. The first-order chi connectivity index (χ1) is 12.1. The van der Waals surface area contributed by atoms with Crippen molar-refractivity contribution in [2.45, 2.75) is 31.7 Å². The number of hydrogen-bond donors (Lipinski definition) is 1. The van der Waals surface area contributed by atoms with Gasteiger partial charge in [0.15, 0.2) is 0 Å². The molecule has 0 saturated carbocycles. The van der Waals surface area contributed by atoms with Gasteiger partial charge in [-0.05, 0) is 37.0 Å². The number of piperidine rings is 1. The van der Waals surface area contributed by atoms with Gasteiger partial charge in [0.2, 0.25) is 5.91 Å². The summed E-state index contributed by atoms with van der Waals surface area (Å²) >= 11 is 0. The van der Waals surface area contributed by atoms with E-state index in [9.17, 15) is 4.79 Å². The fourth-order valence-electron chi connectivity index (χ4n) is 3.30. The van der Waals surface area contributed by atoms with Gasteiger partial charge in [0, 0.05) is 50.6 Å². The molecule has 6 heteroatoms. The molecule has 0 spiro atoms. The summed E-state index contributed by atoms with van der Waals surface area (Å²) in [5.74, 6) is 0.974. The second-order valence-corrected chi connectivity index (χ2v) is 6.58. The maximum Gasteiger partial charge on any atom is 0.220 e. The molecule has 0 aliphatic carbocycles. The number of hydrogen-bond acceptors (Lipinski definition) is 4. The zero-order chi connectivity index (χ0) is 17.6. The van der Waals surface area contributed by atoms with Gasteiger partial charge in [-0.25, -0.2) is 0 Å². The van der Waals surface area contributed by atoms with Gasteiger partial charge in [0.1, 0.15) is 5.75 Å². The van der Waals surface area contributed by atoms with Crippen molar-refractivity contribution in [2.75, 3.05) is 25.1 Å². The number of methoxy groups -OCH3 is 1. The Labute approximate surface area is 148 Å². The van der Waals surface area contributed by atoms with Crippen molar-refractivity contribution in [3.8, 4) is 5.75 Å². The number of carbonyl (C=O) groups is 1. The van der Waals surface area contributed by atoms with Crippen LogP contribution in [0.2, 0.25) is 0 Å². The SMILES string of the molecule is COc1cccc(N2CCCC(NC(=O)CCc3cnn(C)c3)C2)c1. The zero-order valence-electron chi connectivity index (χ0n) is 14.9. The van der Waals surface area contributed by atoms with Crippen LogP contribution < -0.4 is 15.0 Å². The zero-order valence-corrected chi connectivity index (χ0v) is 14.9. The van der Waals surface area contributed by atoms with Crippen LogP contribution in [0.1, 0.15) is 24.8 Å². The molecular weight excluding hydrogens is 316 g/mol. The number of aryl methyl sites for hydroxylation is 2.